The topological polar surface area (TPSA) is 84.4 Å². The van der Waals surface area contributed by atoms with Gasteiger partial charge in [-0.25, -0.2) is 0 Å². The van der Waals surface area contributed by atoms with Gasteiger partial charge < -0.3 is 29.7 Å². The standard InChI is InChI=1S/C19H30N4O4/c1-6-18(24)23-8-7-14(12-23)22-19(20-2)21-11-13-9-16(26-4)17(27-5)10-15(13)25-3/h9-10,14H,6-8,11-12H2,1-5H3,(H2,20,21,22). The largest absolute Gasteiger partial charge is 0.496 e. The van der Waals surface area contributed by atoms with Crippen LogP contribution in [0.25, 0.3) is 0 Å². The Balaban J connectivity index is 1.99. The van der Waals surface area contributed by atoms with Crippen LogP contribution in [0.4, 0.5) is 0 Å². The molecule has 0 aromatic heterocycles. The summed E-state index contributed by atoms with van der Waals surface area (Å²) < 4.78 is 16.1. The van der Waals surface area contributed by atoms with E-state index >= 15 is 0 Å². The molecule has 1 aliphatic rings. The van der Waals surface area contributed by atoms with E-state index in [4.69, 9.17) is 14.2 Å². The van der Waals surface area contributed by atoms with Gasteiger partial charge in [-0.2, -0.15) is 0 Å². The molecular weight excluding hydrogens is 348 g/mol. The van der Waals surface area contributed by atoms with E-state index < -0.39 is 0 Å². The summed E-state index contributed by atoms with van der Waals surface area (Å²) in [7, 11) is 6.54. The van der Waals surface area contributed by atoms with Crippen LogP contribution in [0.3, 0.4) is 0 Å². The fraction of sp³-hybridized carbons (Fsp3) is 0.579. The number of nitrogens with zero attached hydrogens (tertiary/aromatic N) is 2. The van der Waals surface area contributed by atoms with Crippen molar-refractivity contribution in [3.8, 4) is 17.2 Å². The molecule has 150 valence electrons. The van der Waals surface area contributed by atoms with Crippen LogP contribution in [0.2, 0.25) is 0 Å². The third kappa shape index (κ3) is 5.18. The SMILES string of the molecule is CCC(=O)N1CCC(NC(=NC)NCc2cc(OC)c(OC)cc2OC)C1. The molecule has 0 radical (unpaired) electrons. The molecule has 1 aromatic carbocycles. The smallest absolute Gasteiger partial charge is 0.222 e. The van der Waals surface area contributed by atoms with Crippen LogP contribution in [-0.2, 0) is 11.3 Å². The number of carbonyl (C=O) groups excluding carboxylic acids is 1. The van der Waals surface area contributed by atoms with Gasteiger partial charge in [0.05, 0.1) is 21.3 Å². The number of amides is 1. The highest BCUT2D eigenvalue weighted by Crippen LogP contribution is 2.34. The molecule has 27 heavy (non-hydrogen) atoms. The van der Waals surface area contributed by atoms with E-state index in [-0.39, 0.29) is 11.9 Å². The number of ether oxygens (including phenoxy) is 3. The van der Waals surface area contributed by atoms with E-state index in [1.165, 1.54) is 0 Å². The van der Waals surface area contributed by atoms with Crippen molar-refractivity contribution in [3.05, 3.63) is 17.7 Å². The minimum absolute atomic E-state index is 0.192. The van der Waals surface area contributed by atoms with E-state index in [2.05, 4.69) is 15.6 Å². The molecule has 0 spiro atoms. The molecule has 1 saturated heterocycles. The maximum atomic E-state index is 11.8. The van der Waals surface area contributed by atoms with Crippen molar-refractivity contribution in [3.63, 3.8) is 0 Å². The van der Waals surface area contributed by atoms with E-state index in [1.807, 2.05) is 17.9 Å². The third-order valence-electron chi connectivity index (χ3n) is 4.64. The lowest BCUT2D eigenvalue weighted by atomic mass is 10.1. The van der Waals surface area contributed by atoms with Crippen molar-refractivity contribution in [2.45, 2.75) is 32.4 Å². The number of likely N-dealkylation sites (tertiary alicyclic amines) is 1. The van der Waals surface area contributed by atoms with Gasteiger partial charge in [0, 0.05) is 50.8 Å². The average Bonchev–Trinajstić information content (AvgIpc) is 3.18. The Morgan fingerprint density at radius 3 is 2.44 bits per heavy atom. The van der Waals surface area contributed by atoms with Crippen LogP contribution >= 0.6 is 0 Å². The number of benzene rings is 1. The highest BCUT2D eigenvalue weighted by atomic mass is 16.5. The molecule has 2 N–H and O–H groups in total. The minimum atomic E-state index is 0.192. The van der Waals surface area contributed by atoms with Gasteiger partial charge in [-0.3, -0.25) is 9.79 Å². The van der Waals surface area contributed by atoms with Crippen molar-refractivity contribution >= 4 is 11.9 Å². The van der Waals surface area contributed by atoms with E-state index in [9.17, 15) is 4.79 Å². The first-order chi connectivity index (χ1) is 13.1. The Morgan fingerprint density at radius 2 is 1.85 bits per heavy atom. The summed E-state index contributed by atoms with van der Waals surface area (Å²) in [5.41, 5.74) is 0.923. The van der Waals surface area contributed by atoms with Crippen molar-refractivity contribution < 1.29 is 19.0 Å². The summed E-state index contributed by atoms with van der Waals surface area (Å²) in [4.78, 5) is 18.0. The molecule has 1 aliphatic heterocycles. The molecule has 1 heterocycles. The summed E-state index contributed by atoms with van der Waals surface area (Å²) in [5, 5.41) is 6.67. The zero-order chi connectivity index (χ0) is 19.8. The molecule has 2 rings (SSSR count). The normalized spacial score (nSPS) is 16.9. The highest BCUT2D eigenvalue weighted by Gasteiger charge is 2.25. The molecule has 0 aliphatic carbocycles. The number of carbonyl (C=O) groups is 1. The van der Waals surface area contributed by atoms with Crippen molar-refractivity contribution in [2.24, 2.45) is 4.99 Å². The van der Waals surface area contributed by atoms with Gasteiger partial charge in [0.1, 0.15) is 5.75 Å². The van der Waals surface area contributed by atoms with Crippen molar-refractivity contribution in [1.82, 2.24) is 15.5 Å². The van der Waals surface area contributed by atoms with Crippen LogP contribution in [0.5, 0.6) is 17.2 Å². The lowest BCUT2D eigenvalue weighted by molar-refractivity contribution is -0.129. The first kappa shape index (κ1) is 20.7. The van der Waals surface area contributed by atoms with Crippen molar-refractivity contribution in [1.29, 1.82) is 0 Å². The minimum Gasteiger partial charge on any atom is -0.496 e. The number of nitrogens with one attached hydrogen (secondary N) is 2. The maximum absolute atomic E-state index is 11.8. The Bertz CT molecular complexity index is 678. The summed E-state index contributed by atoms with van der Waals surface area (Å²) in [6.07, 6.45) is 1.45. The first-order valence-corrected chi connectivity index (χ1v) is 9.10. The zero-order valence-corrected chi connectivity index (χ0v) is 16.8. The molecule has 8 heteroatoms. The predicted octanol–water partition coefficient (Wildman–Crippen LogP) is 1.39. The van der Waals surface area contributed by atoms with Crippen LogP contribution in [-0.4, -0.2) is 64.3 Å². The second kappa shape index (κ2) is 9.89. The first-order valence-electron chi connectivity index (χ1n) is 9.10. The fourth-order valence-corrected chi connectivity index (χ4v) is 3.13. The molecule has 1 unspecified atom stereocenters. The van der Waals surface area contributed by atoms with Gasteiger partial charge >= 0.3 is 0 Å². The van der Waals surface area contributed by atoms with E-state index in [0.717, 1.165) is 18.5 Å². The van der Waals surface area contributed by atoms with Crippen LogP contribution in [0.1, 0.15) is 25.3 Å². The zero-order valence-electron chi connectivity index (χ0n) is 16.8. The Morgan fingerprint density at radius 1 is 1.19 bits per heavy atom. The predicted molar refractivity (Wildman–Crippen MR) is 105 cm³/mol. The number of aliphatic imine (C=N–C) groups is 1. The molecular formula is C19H30N4O4. The van der Waals surface area contributed by atoms with Gasteiger partial charge in [0.15, 0.2) is 17.5 Å². The fourth-order valence-electron chi connectivity index (χ4n) is 3.13. The Kier molecular flexibility index (Phi) is 7.57. The van der Waals surface area contributed by atoms with Crippen LogP contribution < -0.4 is 24.8 Å². The van der Waals surface area contributed by atoms with Crippen molar-refractivity contribution in [2.75, 3.05) is 41.5 Å². The van der Waals surface area contributed by atoms with E-state index in [0.29, 0.717) is 42.7 Å². The monoisotopic (exact) mass is 378 g/mol. The summed E-state index contributed by atoms with van der Waals surface area (Å²) in [6.45, 7) is 3.88. The van der Waals surface area contributed by atoms with E-state index in [1.54, 1.807) is 34.4 Å². The highest BCUT2D eigenvalue weighted by molar-refractivity contribution is 5.80. The van der Waals surface area contributed by atoms with Gasteiger partial charge in [0.25, 0.3) is 0 Å². The number of rotatable bonds is 7. The van der Waals surface area contributed by atoms with Gasteiger partial charge in [-0.1, -0.05) is 6.92 Å². The second-order valence-corrected chi connectivity index (χ2v) is 6.27. The number of hydrogen-bond donors (Lipinski definition) is 2. The average molecular weight is 378 g/mol. The van der Waals surface area contributed by atoms with Gasteiger partial charge in [0.2, 0.25) is 5.91 Å². The number of guanidine groups is 1. The lowest BCUT2D eigenvalue weighted by Gasteiger charge is -2.19. The lowest BCUT2D eigenvalue weighted by Crippen LogP contribution is -2.44. The van der Waals surface area contributed by atoms with Gasteiger partial charge in [-0.15, -0.1) is 0 Å². The third-order valence-corrected chi connectivity index (χ3v) is 4.64. The molecule has 8 nitrogen and oxygen atoms in total. The van der Waals surface area contributed by atoms with Gasteiger partial charge in [-0.05, 0) is 12.5 Å². The Labute approximate surface area is 160 Å². The molecule has 1 amide bonds. The molecule has 0 bridgehead atoms. The quantitative estimate of drug-likeness (QED) is 0.551. The van der Waals surface area contributed by atoms with Crippen LogP contribution in [0.15, 0.2) is 17.1 Å². The molecule has 1 aromatic rings. The molecule has 0 saturated carbocycles. The number of hydrogen-bond acceptors (Lipinski definition) is 5. The maximum Gasteiger partial charge on any atom is 0.222 e. The molecule has 1 atom stereocenters. The summed E-state index contributed by atoms with van der Waals surface area (Å²) >= 11 is 0. The second-order valence-electron chi connectivity index (χ2n) is 6.27. The molecule has 1 fully saturated rings. The Hall–Kier alpha value is -2.64. The number of methoxy groups -OCH3 is 3. The summed E-state index contributed by atoms with van der Waals surface area (Å²) in [5.74, 6) is 2.84. The van der Waals surface area contributed by atoms with Crippen LogP contribution in [0, 0.1) is 0 Å². The summed E-state index contributed by atoms with van der Waals surface area (Å²) in [6, 6.07) is 3.88.